The van der Waals surface area contributed by atoms with Crippen molar-refractivity contribution >= 4 is 48.6 Å². The Morgan fingerprint density at radius 1 is 0.429 bits per heavy atom. The summed E-state index contributed by atoms with van der Waals surface area (Å²) in [6.07, 6.45) is 0. The van der Waals surface area contributed by atoms with Gasteiger partial charge in [-0.3, -0.25) is 0 Å². The SMILES string of the molecule is [Br][Sb]([Br])([c]1ccccc1)([c]1ccccc1)[c]1ccccc1. The molecule has 0 nitrogen and oxygen atoms in total. The molecular formula is C18H15Br2Sb. The van der Waals surface area contributed by atoms with Crippen LogP contribution < -0.4 is 10.5 Å². The van der Waals surface area contributed by atoms with Crippen LogP contribution in [0.2, 0.25) is 0 Å². The molecule has 0 radical (unpaired) electrons. The van der Waals surface area contributed by atoms with Crippen molar-refractivity contribution in [3.63, 3.8) is 0 Å². The van der Waals surface area contributed by atoms with Crippen molar-refractivity contribution in [2.45, 2.75) is 0 Å². The number of benzene rings is 3. The van der Waals surface area contributed by atoms with Crippen molar-refractivity contribution in [1.29, 1.82) is 0 Å². The summed E-state index contributed by atoms with van der Waals surface area (Å²) in [6, 6.07) is 32.1. The van der Waals surface area contributed by atoms with Gasteiger partial charge in [0.1, 0.15) is 0 Å². The van der Waals surface area contributed by atoms with Crippen LogP contribution in [0, 0.1) is 0 Å². The normalized spacial score (nSPS) is 13.3. The predicted octanol–water partition coefficient (Wildman–Crippen LogP) is 3.89. The van der Waals surface area contributed by atoms with E-state index in [2.05, 4.69) is 116 Å². The molecule has 0 aliphatic rings. The molecule has 21 heavy (non-hydrogen) atoms. The van der Waals surface area contributed by atoms with Crippen molar-refractivity contribution in [1.82, 2.24) is 0 Å². The zero-order valence-electron chi connectivity index (χ0n) is 11.4. The van der Waals surface area contributed by atoms with Crippen molar-refractivity contribution in [2.24, 2.45) is 0 Å². The van der Waals surface area contributed by atoms with Gasteiger partial charge in [-0.25, -0.2) is 0 Å². The van der Waals surface area contributed by atoms with Gasteiger partial charge in [0, 0.05) is 0 Å². The molecule has 106 valence electrons. The van der Waals surface area contributed by atoms with Crippen LogP contribution in [0.25, 0.3) is 0 Å². The summed E-state index contributed by atoms with van der Waals surface area (Å²) in [5.74, 6) is 0. The molecule has 3 rings (SSSR count). The summed E-state index contributed by atoms with van der Waals surface area (Å²) in [7, 11) is 0. The van der Waals surface area contributed by atoms with E-state index in [1.807, 2.05) is 0 Å². The number of halogens is 2. The Kier molecular flexibility index (Phi) is 4.32. The Hall–Kier alpha value is -0.562. The first kappa shape index (κ1) is 15.3. The van der Waals surface area contributed by atoms with E-state index in [-0.39, 0.29) is 0 Å². The fourth-order valence-electron chi connectivity index (χ4n) is 2.52. The van der Waals surface area contributed by atoms with Crippen molar-refractivity contribution in [3.8, 4) is 0 Å². The Bertz CT molecular complexity index is 622. The average Bonchev–Trinajstić information content (AvgIpc) is 2.57. The van der Waals surface area contributed by atoms with Crippen LogP contribution in [0.15, 0.2) is 91.0 Å². The standard InChI is InChI=1S/3C6H5.2BrH.Sb/c3*1-2-4-6-5-3-1;;;/h3*1-5H;2*1H;/q;;;;;+2/p-2. The Morgan fingerprint density at radius 3 is 0.905 bits per heavy atom. The molecule has 3 heteroatoms. The number of rotatable bonds is 3. The number of hydrogen-bond donors (Lipinski definition) is 0. The van der Waals surface area contributed by atoms with Crippen molar-refractivity contribution < 1.29 is 0 Å². The molecule has 0 saturated carbocycles. The van der Waals surface area contributed by atoms with Gasteiger partial charge >= 0.3 is 140 Å². The minimum absolute atomic E-state index is 1.34. The molecule has 0 bridgehead atoms. The Balaban J connectivity index is 2.36. The van der Waals surface area contributed by atoms with Crippen LogP contribution in [0.5, 0.6) is 0 Å². The monoisotopic (exact) mass is 510 g/mol. The summed E-state index contributed by atoms with van der Waals surface area (Å²) < 4.78 is 4.01. The van der Waals surface area contributed by atoms with Gasteiger partial charge in [-0.05, 0) is 0 Å². The first-order valence-electron chi connectivity index (χ1n) is 6.74. The third kappa shape index (κ3) is 2.63. The van der Waals surface area contributed by atoms with Gasteiger partial charge in [0.2, 0.25) is 0 Å². The van der Waals surface area contributed by atoms with Crippen LogP contribution in [-0.4, -0.2) is 12.9 Å². The third-order valence-electron chi connectivity index (χ3n) is 3.63. The van der Waals surface area contributed by atoms with Gasteiger partial charge in [0.25, 0.3) is 0 Å². The molecule has 0 saturated heterocycles. The summed E-state index contributed by atoms with van der Waals surface area (Å²) >= 11 is 4.74. The van der Waals surface area contributed by atoms with Gasteiger partial charge in [-0.1, -0.05) is 0 Å². The van der Waals surface area contributed by atoms with Gasteiger partial charge in [-0.2, -0.15) is 0 Å². The van der Waals surface area contributed by atoms with E-state index in [0.29, 0.717) is 0 Å². The molecule has 0 aromatic heterocycles. The van der Waals surface area contributed by atoms with Crippen molar-refractivity contribution in [3.05, 3.63) is 91.0 Å². The van der Waals surface area contributed by atoms with Crippen LogP contribution in [0.4, 0.5) is 0 Å². The van der Waals surface area contributed by atoms with E-state index in [1.54, 1.807) is 0 Å². The molecule has 0 atom stereocenters. The minimum atomic E-state index is -3.72. The van der Waals surface area contributed by atoms with E-state index in [9.17, 15) is 0 Å². The topological polar surface area (TPSA) is 0 Å². The molecule has 0 heterocycles. The third-order valence-corrected chi connectivity index (χ3v) is 30.4. The fourth-order valence-corrected chi connectivity index (χ4v) is 20.5. The van der Waals surface area contributed by atoms with Gasteiger partial charge < -0.3 is 0 Å². The number of hydrogen-bond acceptors (Lipinski definition) is 0. The first-order valence-corrected chi connectivity index (χ1v) is 22.0. The molecule has 3 aromatic carbocycles. The first-order chi connectivity index (χ1) is 10.1. The maximum atomic E-state index is 4.23. The summed E-state index contributed by atoms with van der Waals surface area (Å²) in [5, 5.41) is 0. The molecular weight excluding hydrogens is 498 g/mol. The molecule has 0 amide bonds. The van der Waals surface area contributed by atoms with E-state index in [1.165, 1.54) is 10.5 Å². The van der Waals surface area contributed by atoms with Crippen LogP contribution in [-0.2, 0) is 0 Å². The van der Waals surface area contributed by atoms with E-state index >= 15 is 0 Å². The van der Waals surface area contributed by atoms with Crippen molar-refractivity contribution in [2.75, 3.05) is 0 Å². The molecule has 0 aliphatic carbocycles. The Labute approximate surface area is 138 Å². The Morgan fingerprint density at radius 2 is 0.667 bits per heavy atom. The van der Waals surface area contributed by atoms with E-state index in [4.69, 9.17) is 0 Å². The van der Waals surface area contributed by atoms with Crippen LogP contribution in [0.1, 0.15) is 0 Å². The van der Waals surface area contributed by atoms with Gasteiger partial charge in [-0.15, -0.1) is 0 Å². The maximum absolute atomic E-state index is 4.23. The zero-order valence-corrected chi connectivity index (χ0v) is 17.1. The molecule has 3 aromatic rings. The predicted molar refractivity (Wildman–Crippen MR) is 102 cm³/mol. The molecule has 0 N–H and O–H groups in total. The summed E-state index contributed by atoms with van der Waals surface area (Å²) in [4.78, 5) is 0. The second-order valence-corrected chi connectivity index (χ2v) is 39.9. The van der Waals surface area contributed by atoms with Gasteiger partial charge in [0.15, 0.2) is 0 Å². The summed E-state index contributed by atoms with van der Waals surface area (Å²) in [5.41, 5.74) is 0. The molecule has 0 fully saturated rings. The second-order valence-electron chi connectivity index (χ2n) is 4.91. The van der Waals surface area contributed by atoms with Crippen LogP contribution in [0.3, 0.4) is 0 Å². The molecule has 0 unspecified atom stereocenters. The van der Waals surface area contributed by atoms with E-state index in [0.717, 1.165) is 0 Å². The average molecular weight is 513 g/mol. The quantitative estimate of drug-likeness (QED) is 0.467. The molecule has 0 aliphatic heterocycles. The zero-order chi connectivity index (χ0) is 14.8. The fraction of sp³-hybridized carbons (Fsp3) is 0. The van der Waals surface area contributed by atoms with E-state index < -0.39 is 12.9 Å². The summed E-state index contributed by atoms with van der Waals surface area (Å²) in [6.45, 7) is 0. The molecule has 0 spiro atoms. The van der Waals surface area contributed by atoms with Gasteiger partial charge in [0.05, 0.1) is 0 Å². The van der Waals surface area contributed by atoms with Crippen LogP contribution >= 0.6 is 25.2 Å². The second kappa shape index (κ2) is 5.91.